The third-order valence-electron chi connectivity index (χ3n) is 5.98. The van der Waals surface area contributed by atoms with Crippen molar-refractivity contribution in [2.45, 2.75) is 51.0 Å². The molecule has 100 valence electrons. The van der Waals surface area contributed by atoms with Crippen LogP contribution in [0.2, 0.25) is 0 Å². The summed E-state index contributed by atoms with van der Waals surface area (Å²) in [6, 6.07) is 0.118. The molecule has 2 N–H and O–H groups in total. The molecule has 0 aromatic heterocycles. The van der Waals surface area contributed by atoms with E-state index in [1.54, 1.807) is 0 Å². The van der Waals surface area contributed by atoms with Crippen molar-refractivity contribution in [3.63, 3.8) is 0 Å². The molecule has 1 saturated heterocycles. The van der Waals surface area contributed by atoms with Crippen molar-refractivity contribution in [2.24, 2.45) is 23.2 Å². The first-order valence-corrected chi connectivity index (χ1v) is 7.80. The van der Waals surface area contributed by atoms with Gasteiger partial charge >= 0.3 is 0 Å². The van der Waals surface area contributed by atoms with Crippen LogP contribution in [0.4, 0.5) is 0 Å². The van der Waals surface area contributed by atoms with Gasteiger partial charge in [0, 0.05) is 6.54 Å². The zero-order chi connectivity index (χ0) is 12.2. The van der Waals surface area contributed by atoms with Crippen molar-refractivity contribution >= 4 is 5.91 Å². The summed E-state index contributed by atoms with van der Waals surface area (Å²) < 4.78 is 0. The molecule has 3 aliphatic carbocycles. The Labute approximate surface area is 109 Å². The first kappa shape index (κ1) is 11.3. The highest BCUT2D eigenvalue weighted by Gasteiger charge is 2.54. The summed E-state index contributed by atoms with van der Waals surface area (Å²) >= 11 is 0. The minimum atomic E-state index is 0.118. The maximum absolute atomic E-state index is 12.3. The quantitative estimate of drug-likeness (QED) is 0.795. The van der Waals surface area contributed by atoms with Crippen LogP contribution in [0, 0.1) is 23.2 Å². The summed E-state index contributed by atoms with van der Waals surface area (Å²) in [6.07, 6.45) is 9.42. The lowest BCUT2D eigenvalue weighted by molar-refractivity contribution is -0.124. The second kappa shape index (κ2) is 3.96. The molecule has 1 amide bonds. The number of carbonyl (C=O) groups excluding carboxylic acids is 1. The molecule has 3 nitrogen and oxygen atoms in total. The summed E-state index contributed by atoms with van der Waals surface area (Å²) in [5, 5.41) is 6.71. The number of hydrogen-bond donors (Lipinski definition) is 2. The van der Waals surface area contributed by atoms with Gasteiger partial charge in [0.1, 0.15) is 0 Å². The van der Waals surface area contributed by atoms with E-state index in [-0.39, 0.29) is 11.9 Å². The Morgan fingerprint density at radius 3 is 2.78 bits per heavy atom. The Kier molecular flexibility index (Phi) is 2.48. The predicted octanol–water partition coefficient (Wildman–Crippen LogP) is 1.68. The van der Waals surface area contributed by atoms with Crippen molar-refractivity contribution < 1.29 is 4.79 Å². The molecule has 3 atom stereocenters. The molecule has 1 heterocycles. The molecule has 0 aromatic rings. The monoisotopic (exact) mass is 248 g/mol. The molecular weight excluding hydrogens is 224 g/mol. The van der Waals surface area contributed by atoms with Crippen molar-refractivity contribution in [1.29, 1.82) is 0 Å². The number of rotatable bonds is 4. The van der Waals surface area contributed by atoms with E-state index in [9.17, 15) is 4.79 Å². The molecule has 4 aliphatic rings. The fourth-order valence-corrected chi connectivity index (χ4v) is 4.43. The molecule has 0 aromatic carbocycles. The highest BCUT2D eigenvalue weighted by molar-refractivity contribution is 5.82. The molecule has 3 saturated carbocycles. The van der Waals surface area contributed by atoms with E-state index in [1.165, 1.54) is 44.9 Å². The summed E-state index contributed by atoms with van der Waals surface area (Å²) in [6.45, 7) is 2.02. The first-order chi connectivity index (χ1) is 8.78. The van der Waals surface area contributed by atoms with Crippen LogP contribution in [-0.4, -0.2) is 25.0 Å². The minimum absolute atomic E-state index is 0.118. The van der Waals surface area contributed by atoms with Gasteiger partial charge < -0.3 is 10.6 Å². The van der Waals surface area contributed by atoms with E-state index in [1.807, 2.05) is 0 Å². The number of carbonyl (C=O) groups is 1. The molecule has 4 fully saturated rings. The van der Waals surface area contributed by atoms with E-state index < -0.39 is 0 Å². The summed E-state index contributed by atoms with van der Waals surface area (Å²) in [5.41, 5.74) is 0.531. The lowest BCUT2D eigenvalue weighted by Gasteiger charge is -2.20. The Morgan fingerprint density at radius 1 is 1.22 bits per heavy atom. The number of nitrogens with one attached hydrogen (secondary N) is 2. The lowest BCUT2D eigenvalue weighted by Crippen LogP contribution is -2.45. The van der Waals surface area contributed by atoms with Crippen molar-refractivity contribution in [3.05, 3.63) is 0 Å². The second-order valence-corrected chi connectivity index (χ2v) is 7.10. The van der Waals surface area contributed by atoms with Crippen LogP contribution in [0.3, 0.4) is 0 Å². The number of amides is 1. The maximum Gasteiger partial charge on any atom is 0.237 e. The van der Waals surface area contributed by atoms with Gasteiger partial charge in [-0.25, -0.2) is 0 Å². The molecular formula is C15H24N2O. The second-order valence-electron chi connectivity index (χ2n) is 7.10. The van der Waals surface area contributed by atoms with E-state index in [0.717, 1.165) is 24.9 Å². The average molecular weight is 248 g/mol. The van der Waals surface area contributed by atoms with E-state index in [2.05, 4.69) is 10.6 Å². The van der Waals surface area contributed by atoms with Crippen LogP contribution < -0.4 is 10.6 Å². The molecule has 18 heavy (non-hydrogen) atoms. The van der Waals surface area contributed by atoms with Gasteiger partial charge in [-0.05, 0) is 68.2 Å². The Hall–Kier alpha value is -0.570. The van der Waals surface area contributed by atoms with Gasteiger partial charge in [-0.2, -0.15) is 0 Å². The zero-order valence-corrected chi connectivity index (χ0v) is 11.1. The third-order valence-corrected chi connectivity index (χ3v) is 5.98. The third kappa shape index (κ3) is 1.78. The van der Waals surface area contributed by atoms with Crippen LogP contribution in [0.5, 0.6) is 0 Å². The number of fused-ring (bicyclic) bond motifs is 1. The minimum Gasteiger partial charge on any atom is -0.354 e. The van der Waals surface area contributed by atoms with Crippen LogP contribution in [0.1, 0.15) is 44.9 Å². The van der Waals surface area contributed by atoms with E-state index >= 15 is 0 Å². The fourth-order valence-electron chi connectivity index (χ4n) is 4.43. The molecule has 0 spiro atoms. The van der Waals surface area contributed by atoms with Gasteiger partial charge in [-0.15, -0.1) is 0 Å². The Morgan fingerprint density at radius 2 is 2.06 bits per heavy atom. The molecule has 0 bridgehead atoms. The van der Waals surface area contributed by atoms with E-state index in [0.29, 0.717) is 11.3 Å². The van der Waals surface area contributed by atoms with Crippen LogP contribution in [0.15, 0.2) is 0 Å². The highest BCUT2D eigenvalue weighted by atomic mass is 16.2. The van der Waals surface area contributed by atoms with Gasteiger partial charge in [0.25, 0.3) is 0 Å². The van der Waals surface area contributed by atoms with Gasteiger partial charge in [-0.1, -0.05) is 6.42 Å². The molecule has 3 heteroatoms. The van der Waals surface area contributed by atoms with Gasteiger partial charge in [0.15, 0.2) is 0 Å². The van der Waals surface area contributed by atoms with Crippen molar-refractivity contribution in [1.82, 2.24) is 10.6 Å². The molecule has 1 aliphatic heterocycles. The standard InChI is InChI=1S/C15H24N2O/c18-14(13-12-3-1-2-10(12)8-16-13)17-9-15(6-7-15)11-4-5-11/h10-13,16H,1-9H2,(H,17,18). The average Bonchev–Trinajstić information content (AvgIpc) is 3.24. The highest BCUT2D eigenvalue weighted by Crippen LogP contribution is 2.60. The Bertz CT molecular complexity index is 360. The molecule has 3 unspecified atom stereocenters. The molecule has 0 radical (unpaired) electrons. The smallest absolute Gasteiger partial charge is 0.237 e. The molecule has 4 rings (SSSR count). The summed E-state index contributed by atoms with van der Waals surface area (Å²) in [7, 11) is 0. The van der Waals surface area contributed by atoms with Crippen molar-refractivity contribution in [2.75, 3.05) is 13.1 Å². The fraction of sp³-hybridized carbons (Fsp3) is 0.933. The largest absolute Gasteiger partial charge is 0.354 e. The van der Waals surface area contributed by atoms with Gasteiger partial charge in [0.2, 0.25) is 5.91 Å². The maximum atomic E-state index is 12.3. The van der Waals surface area contributed by atoms with Crippen LogP contribution in [-0.2, 0) is 4.79 Å². The van der Waals surface area contributed by atoms with Gasteiger partial charge in [0.05, 0.1) is 6.04 Å². The van der Waals surface area contributed by atoms with Crippen molar-refractivity contribution in [3.8, 4) is 0 Å². The summed E-state index contributed by atoms with van der Waals surface area (Å²) in [5.74, 6) is 2.63. The summed E-state index contributed by atoms with van der Waals surface area (Å²) in [4.78, 5) is 12.3. The zero-order valence-electron chi connectivity index (χ0n) is 11.1. The van der Waals surface area contributed by atoms with E-state index in [4.69, 9.17) is 0 Å². The van der Waals surface area contributed by atoms with Gasteiger partial charge in [-0.3, -0.25) is 4.79 Å². The van der Waals surface area contributed by atoms with Crippen LogP contribution in [0.25, 0.3) is 0 Å². The Balaban J connectivity index is 1.33. The topological polar surface area (TPSA) is 41.1 Å². The normalized spacial score (nSPS) is 40.6. The predicted molar refractivity (Wildman–Crippen MR) is 70.0 cm³/mol. The van der Waals surface area contributed by atoms with Crippen LogP contribution >= 0.6 is 0 Å². The SMILES string of the molecule is O=C(NCC1(C2CC2)CC1)C1NCC2CCCC21. The first-order valence-electron chi connectivity index (χ1n) is 7.80. The number of hydrogen-bond acceptors (Lipinski definition) is 2. The lowest BCUT2D eigenvalue weighted by atomic mass is 9.93.